The number of nitro benzene ring substituents is 1. The van der Waals surface area contributed by atoms with E-state index in [1.54, 1.807) is 12.1 Å². The lowest BCUT2D eigenvalue weighted by Crippen LogP contribution is -2.39. The van der Waals surface area contributed by atoms with E-state index in [0.29, 0.717) is 6.54 Å². The largest absolute Gasteiger partial charge is 0.303 e. The molecular formula is C18H19ClN2O2. The van der Waals surface area contributed by atoms with Crippen LogP contribution in [-0.4, -0.2) is 4.92 Å². The number of nitrogens with zero attached hydrogens (tertiary/aromatic N) is 1. The van der Waals surface area contributed by atoms with Gasteiger partial charge in [0.25, 0.3) is 5.69 Å². The second-order valence-electron chi connectivity index (χ2n) is 6.04. The van der Waals surface area contributed by atoms with Gasteiger partial charge in [-0.25, -0.2) is 0 Å². The van der Waals surface area contributed by atoms with Crippen molar-refractivity contribution in [2.75, 3.05) is 0 Å². The molecule has 0 spiro atoms. The van der Waals surface area contributed by atoms with Crippen molar-refractivity contribution in [3.8, 4) is 0 Å². The Morgan fingerprint density at radius 2 is 1.74 bits per heavy atom. The first-order valence-corrected chi connectivity index (χ1v) is 8.22. The number of rotatable bonds is 5. The molecule has 0 unspecified atom stereocenters. The van der Waals surface area contributed by atoms with Crippen LogP contribution >= 0.6 is 11.6 Å². The average molecular weight is 331 g/mol. The van der Waals surface area contributed by atoms with Crippen molar-refractivity contribution in [2.24, 2.45) is 0 Å². The predicted octanol–water partition coefficient (Wildman–Crippen LogP) is 4.81. The molecule has 5 heteroatoms. The van der Waals surface area contributed by atoms with Crippen LogP contribution in [0.2, 0.25) is 5.02 Å². The van der Waals surface area contributed by atoms with Gasteiger partial charge in [0.05, 0.1) is 4.92 Å². The molecule has 3 rings (SSSR count). The van der Waals surface area contributed by atoms with Gasteiger partial charge in [0.1, 0.15) is 0 Å². The summed E-state index contributed by atoms with van der Waals surface area (Å²) in [5.41, 5.74) is 1.98. The molecular weight excluding hydrogens is 312 g/mol. The van der Waals surface area contributed by atoms with Crippen molar-refractivity contribution in [1.82, 2.24) is 5.32 Å². The Morgan fingerprint density at radius 1 is 1.09 bits per heavy atom. The molecule has 0 saturated heterocycles. The molecule has 1 aliphatic rings. The van der Waals surface area contributed by atoms with Crippen molar-refractivity contribution < 1.29 is 4.92 Å². The molecule has 1 saturated carbocycles. The maximum Gasteiger partial charge on any atom is 0.273 e. The van der Waals surface area contributed by atoms with Crippen LogP contribution < -0.4 is 5.32 Å². The van der Waals surface area contributed by atoms with E-state index >= 15 is 0 Å². The third-order valence-electron chi connectivity index (χ3n) is 4.66. The van der Waals surface area contributed by atoms with Crippen LogP contribution in [0, 0.1) is 10.1 Å². The highest BCUT2D eigenvalue weighted by molar-refractivity contribution is 6.30. The van der Waals surface area contributed by atoms with Gasteiger partial charge in [-0.1, -0.05) is 54.8 Å². The second kappa shape index (κ2) is 6.69. The Labute approximate surface area is 140 Å². The van der Waals surface area contributed by atoms with E-state index in [1.165, 1.54) is 5.56 Å². The maximum absolute atomic E-state index is 11.2. The minimum atomic E-state index is -0.319. The summed E-state index contributed by atoms with van der Waals surface area (Å²) < 4.78 is 0. The maximum atomic E-state index is 11.2. The summed E-state index contributed by atoms with van der Waals surface area (Å²) in [6.07, 6.45) is 4.39. The van der Waals surface area contributed by atoms with Gasteiger partial charge < -0.3 is 5.32 Å². The molecule has 2 aromatic carbocycles. The summed E-state index contributed by atoms with van der Waals surface area (Å²) in [4.78, 5) is 10.8. The molecule has 0 amide bonds. The van der Waals surface area contributed by atoms with Crippen molar-refractivity contribution in [3.63, 3.8) is 0 Å². The lowest BCUT2D eigenvalue weighted by Gasteiger charge is -2.31. The van der Waals surface area contributed by atoms with Crippen LogP contribution in [0.5, 0.6) is 0 Å². The van der Waals surface area contributed by atoms with E-state index in [-0.39, 0.29) is 16.1 Å². The first-order chi connectivity index (χ1) is 11.1. The van der Waals surface area contributed by atoms with E-state index in [0.717, 1.165) is 36.3 Å². The van der Waals surface area contributed by atoms with Crippen molar-refractivity contribution in [1.29, 1.82) is 0 Å². The SMILES string of the molecule is O=[N+]([O-])c1ccccc1CNC1(c2ccc(Cl)cc2)CCCC1. The Kier molecular flexibility index (Phi) is 4.64. The van der Waals surface area contributed by atoms with Gasteiger partial charge in [-0.15, -0.1) is 0 Å². The Hall–Kier alpha value is -1.91. The van der Waals surface area contributed by atoms with Gasteiger partial charge >= 0.3 is 0 Å². The van der Waals surface area contributed by atoms with E-state index in [1.807, 2.05) is 24.3 Å². The quantitative estimate of drug-likeness (QED) is 0.632. The molecule has 23 heavy (non-hydrogen) atoms. The first-order valence-electron chi connectivity index (χ1n) is 7.84. The van der Waals surface area contributed by atoms with Gasteiger partial charge in [-0.2, -0.15) is 0 Å². The summed E-state index contributed by atoms with van der Waals surface area (Å²) in [6.45, 7) is 0.486. The molecule has 0 atom stereocenters. The fourth-order valence-electron chi connectivity index (χ4n) is 3.42. The highest BCUT2D eigenvalue weighted by Crippen LogP contribution is 2.39. The predicted molar refractivity (Wildman–Crippen MR) is 91.5 cm³/mol. The molecule has 1 fully saturated rings. The van der Waals surface area contributed by atoms with Crippen LogP contribution in [0.3, 0.4) is 0 Å². The van der Waals surface area contributed by atoms with Gasteiger partial charge in [0, 0.05) is 28.7 Å². The summed E-state index contributed by atoms with van der Waals surface area (Å²) in [7, 11) is 0. The van der Waals surface area contributed by atoms with Crippen LogP contribution in [0.25, 0.3) is 0 Å². The highest BCUT2D eigenvalue weighted by Gasteiger charge is 2.35. The zero-order valence-corrected chi connectivity index (χ0v) is 13.6. The summed E-state index contributed by atoms with van der Waals surface area (Å²) in [5, 5.41) is 15.5. The van der Waals surface area contributed by atoms with Gasteiger partial charge in [0.2, 0.25) is 0 Å². The van der Waals surface area contributed by atoms with Crippen LogP contribution in [-0.2, 0) is 12.1 Å². The number of halogens is 1. The van der Waals surface area contributed by atoms with Gasteiger partial charge in [0.15, 0.2) is 0 Å². The summed E-state index contributed by atoms with van der Waals surface area (Å²) in [6, 6.07) is 14.8. The number of nitro groups is 1. The van der Waals surface area contributed by atoms with Gasteiger partial charge in [-0.05, 0) is 30.5 Å². The average Bonchev–Trinajstić information content (AvgIpc) is 3.04. The van der Waals surface area contributed by atoms with E-state index in [2.05, 4.69) is 17.4 Å². The normalized spacial score (nSPS) is 16.4. The monoisotopic (exact) mass is 330 g/mol. The number of para-hydroxylation sites is 1. The molecule has 1 aliphatic carbocycles. The molecule has 0 aromatic heterocycles. The van der Waals surface area contributed by atoms with Crippen LogP contribution in [0.4, 0.5) is 5.69 Å². The number of hydrogen-bond acceptors (Lipinski definition) is 3. The number of benzene rings is 2. The molecule has 0 radical (unpaired) electrons. The van der Waals surface area contributed by atoms with Crippen molar-refractivity contribution in [2.45, 2.75) is 37.8 Å². The molecule has 0 heterocycles. The molecule has 4 nitrogen and oxygen atoms in total. The van der Waals surface area contributed by atoms with E-state index < -0.39 is 0 Å². The molecule has 120 valence electrons. The minimum absolute atomic E-state index is 0.117. The first kappa shape index (κ1) is 16.0. The minimum Gasteiger partial charge on any atom is -0.303 e. The molecule has 0 aliphatic heterocycles. The zero-order valence-electron chi connectivity index (χ0n) is 12.8. The Balaban J connectivity index is 1.84. The topological polar surface area (TPSA) is 55.2 Å². The van der Waals surface area contributed by atoms with Crippen molar-refractivity contribution >= 4 is 17.3 Å². The molecule has 1 N–H and O–H groups in total. The van der Waals surface area contributed by atoms with Crippen LogP contribution in [0.15, 0.2) is 48.5 Å². The lowest BCUT2D eigenvalue weighted by atomic mass is 9.88. The van der Waals surface area contributed by atoms with E-state index in [9.17, 15) is 10.1 Å². The summed E-state index contributed by atoms with van der Waals surface area (Å²) in [5.74, 6) is 0. The third-order valence-corrected chi connectivity index (χ3v) is 4.91. The number of nitrogens with one attached hydrogen (secondary N) is 1. The van der Waals surface area contributed by atoms with Gasteiger partial charge in [-0.3, -0.25) is 10.1 Å². The molecule has 0 bridgehead atoms. The van der Waals surface area contributed by atoms with Crippen LogP contribution in [0.1, 0.15) is 36.8 Å². The summed E-state index contributed by atoms with van der Waals surface area (Å²) >= 11 is 6.00. The lowest BCUT2D eigenvalue weighted by molar-refractivity contribution is -0.385. The smallest absolute Gasteiger partial charge is 0.273 e. The fraction of sp³-hybridized carbons (Fsp3) is 0.333. The fourth-order valence-corrected chi connectivity index (χ4v) is 3.54. The van der Waals surface area contributed by atoms with E-state index in [4.69, 9.17) is 11.6 Å². The zero-order chi connectivity index (χ0) is 16.3. The highest BCUT2D eigenvalue weighted by atomic mass is 35.5. The second-order valence-corrected chi connectivity index (χ2v) is 6.47. The Bertz CT molecular complexity index is 694. The standard InChI is InChI=1S/C18H19ClN2O2/c19-16-9-7-15(8-10-16)18(11-3-4-12-18)20-13-14-5-1-2-6-17(14)21(22)23/h1-2,5-10,20H,3-4,11-13H2. The molecule has 2 aromatic rings. The third kappa shape index (κ3) is 3.38. The Morgan fingerprint density at radius 3 is 2.39 bits per heavy atom. The van der Waals surface area contributed by atoms with Crippen molar-refractivity contribution in [3.05, 3.63) is 74.8 Å². The number of hydrogen-bond donors (Lipinski definition) is 1.